The van der Waals surface area contributed by atoms with Gasteiger partial charge in [0.15, 0.2) is 0 Å². The van der Waals surface area contributed by atoms with Crippen LogP contribution in [0.1, 0.15) is 23.2 Å². The molecule has 84 valence electrons. The van der Waals surface area contributed by atoms with Gasteiger partial charge in [-0.05, 0) is 25.0 Å². The van der Waals surface area contributed by atoms with Crippen LogP contribution in [0.4, 0.5) is 0 Å². The van der Waals surface area contributed by atoms with E-state index in [0.29, 0.717) is 5.56 Å². The molecule has 0 aliphatic heterocycles. The first-order valence-corrected chi connectivity index (χ1v) is 5.27. The first-order chi connectivity index (χ1) is 7.77. The van der Waals surface area contributed by atoms with Gasteiger partial charge in [-0.25, -0.2) is 4.79 Å². The second-order valence-electron chi connectivity index (χ2n) is 3.41. The summed E-state index contributed by atoms with van der Waals surface area (Å²) in [5, 5.41) is 0. The molecule has 0 amide bonds. The lowest BCUT2D eigenvalue weighted by atomic mass is 10.2. The van der Waals surface area contributed by atoms with Crippen LogP contribution in [-0.2, 0) is 4.74 Å². The maximum absolute atomic E-state index is 11.7. The van der Waals surface area contributed by atoms with E-state index in [1.807, 2.05) is 18.2 Å². The van der Waals surface area contributed by atoms with Crippen molar-refractivity contribution >= 4 is 5.97 Å². The molecular formula is C14H16O2. The molecule has 2 heteroatoms. The SMILES string of the molecule is C=CCC[C@@H](C=C)OC(=O)c1ccccc1. The Labute approximate surface area is 96.2 Å². The molecule has 1 aromatic rings. The van der Waals surface area contributed by atoms with Crippen LogP contribution in [0.3, 0.4) is 0 Å². The van der Waals surface area contributed by atoms with Crippen molar-refractivity contribution in [2.24, 2.45) is 0 Å². The summed E-state index contributed by atoms with van der Waals surface area (Å²) in [6.45, 7) is 7.28. The number of hydrogen-bond donors (Lipinski definition) is 0. The first kappa shape index (κ1) is 12.2. The molecule has 0 unspecified atom stereocenters. The minimum atomic E-state index is -0.311. The van der Waals surface area contributed by atoms with Gasteiger partial charge in [-0.1, -0.05) is 36.9 Å². The number of allylic oxidation sites excluding steroid dienone is 1. The maximum Gasteiger partial charge on any atom is 0.338 e. The Hall–Kier alpha value is -1.83. The maximum atomic E-state index is 11.7. The van der Waals surface area contributed by atoms with Gasteiger partial charge in [-0.15, -0.1) is 6.58 Å². The molecule has 1 aromatic carbocycles. The van der Waals surface area contributed by atoms with Crippen molar-refractivity contribution in [2.75, 3.05) is 0 Å². The van der Waals surface area contributed by atoms with Crippen molar-refractivity contribution in [2.45, 2.75) is 18.9 Å². The largest absolute Gasteiger partial charge is 0.455 e. The van der Waals surface area contributed by atoms with Crippen molar-refractivity contribution in [3.63, 3.8) is 0 Å². The highest BCUT2D eigenvalue weighted by Crippen LogP contribution is 2.09. The Morgan fingerprint density at radius 1 is 1.31 bits per heavy atom. The summed E-state index contributed by atoms with van der Waals surface area (Å²) in [5.41, 5.74) is 0.563. The summed E-state index contributed by atoms with van der Waals surface area (Å²) in [4.78, 5) is 11.7. The molecule has 0 fully saturated rings. The molecule has 1 rings (SSSR count). The topological polar surface area (TPSA) is 26.3 Å². The van der Waals surface area contributed by atoms with E-state index in [1.54, 1.807) is 24.3 Å². The van der Waals surface area contributed by atoms with Crippen molar-refractivity contribution in [1.82, 2.24) is 0 Å². The first-order valence-electron chi connectivity index (χ1n) is 5.27. The fourth-order valence-corrected chi connectivity index (χ4v) is 1.29. The molecule has 0 aliphatic rings. The molecule has 0 saturated heterocycles. The lowest BCUT2D eigenvalue weighted by Gasteiger charge is -2.12. The summed E-state index contributed by atoms with van der Waals surface area (Å²) in [5.74, 6) is -0.311. The molecular weight excluding hydrogens is 200 g/mol. The number of carbonyl (C=O) groups is 1. The summed E-state index contributed by atoms with van der Waals surface area (Å²) in [7, 11) is 0. The standard InChI is InChI=1S/C14H16O2/c1-3-5-11-13(4-2)16-14(15)12-9-7-6-8-10-12/h3-4,6-10,13H,1-2,5,11H2/t13-/m1/s1. The molecule has 0 saturated carbocycles. The number of ether oxygens (including phenoxy) is 1. The fraction of sp³-hybridized carbons (Fsp3) is 0.214. The zero-order valence-corrected chi connectivity index (χ0v) is 9.26. The van der Waals surface area contributed by atoms with Gasteiger partial charge in [0.2, 0.25) is 0 Å². The second kappa shape index (κ2) is 6.62. The van der Waals surface area contributed by atoms with Crippen LogP contribution in [-0.4, -0.2) is 12.1 Å². The quantitative estimate of drug-likeness (QED) is 0.538. The summed E-state index contributed by atoms with van der Waals surface area (Å²) in [6, 6.07) is 8.94. The molecule has 16 heavy (non-hydrogen) atoms. The van der Waals surface area contributed by atoms with Crippen LogP contribution in [0.2, 0.25) is 0 Å². The Bertz CT molecular complexity index is 354. The molecule has 2 nitrogen and oxygen atoms in total. The van der Waals surface area contributed by atoms with E-state index in [0.717, 1.165) is 12.8 Å². The van der Waals surface area contributed by atoms with E-state index in [1.165, 1.54) is 0 Å². The van der Waals surface area contributed by atoms with Crippen LogP contribution < -0.4 is 0 Å². The highest BCUT2D eigenvalue weighted by molar-refractivity contribution is 5.89. The Kier molecular flexibility index (Phi) is 5.06. The third-order valence-corrected chi connectivity index (χ3v) is 2.19. The van der Waals surface area contributed by atoms with Gasteiger partial charge >= 0.3 is 5.97 Å². The van der Waals surface area contributed by atoms with Gasteiger partial charge in [0.05, 0.1) is 5.56 Å². The van der Waals surface area contributed by atoms with Crippen molar-refractivity contribution in [1.29, 1.82) is 0 Å². The summed E-state index contributed by atoms with van der Waals surface area (Å²) in [6.07, 6.45) is 4.73. The van der Waals surface area contributed by atoms with Gasteiger partial charge < -0.3 is 4.74 Å². The normalized spacial score (nSPS) is 11.5. The number of esters is 1. The Balaban J connectivity index is 2.55. The van der Waals surface area contributed by atoms with Crippen molar-refractivity contribution in [3.05, 3.63) is 61.2 Å². The lowest BCUT2D eigenvalue weighted by Crippen LogP contribution is -2.15. The van der Waals surface area contributed by atoms with Gasteiger partial charge in [-0.2, -0.15) is 0 Å². The average molecular weight is 216 g/mol. The molecule has 0 aliphatic carbocycles. The van der Waals surface area contributed by atoms with E-state index >= 15 is 0 Å². The number of rotatable bonds is 6. The van der Waals surface area contributed by atoms with Crippen LogP contribution in [0.25, 0.3) is 0 Å². The molecule has 0 bridgehead atoms. The van der Waals surface area contributed by atoms with E-state index in [4.69, 9.17) is 4.74 Å². The highest BCUT2D eigenvalue weighted by atomic mass is 16.5. The van der Waals surface area contributed by atoms with Crippen LogP contribution in [0.5, 0.6) is 0 Å². The molecule has 0 heterocycles. The number of hydrogen-bond acceptors (Lipinski definition) is 2. The smallest absolute Gasteiger partial charge is 0.338 e. The second-order valence-corrected chi connectivity index (χ2v) is 3.41. The zero-order chi connectivity index (χ0) is 11.8. The zero-order valence-electron chi connectivity index (χ0n) is 9.26. The lowest BCUT2D eigenvalue weighted by molar-refractivity contribution is 0.0383. The van der Waals surface area contributed by atoms with Crippen molar-refractivity contribution in [3.8, 4) is 0 Å². The van der Waals surface area contributed by atoms with E-state index in [-0.39, 0.29) is 12.1 Å². The van der Waals surface area contributed by atoms with Gasteiger partial charge in [0.25, 0.3) is 0 Å². The summed E-state index contributed by atoms with van der Waals surface area (Å²) < 4.78 is 5.28. The van der Waals surface area contributed by atoms with E-state index in [2.05, 4.69) is 13.2 Å². The minimum absolute atomic E-state index is 0.245. The molecule has 1 atom stereocenters. The van der Waals surface area contributed by atoms with E-state index < -0.39 is 0 Å². The predicted molar refractivity (Wildman–Crippen MR) is 65.3 cm³/mol. The predicted octanol–water partition coefficient (Wildman–Crippen LogP) is 3.36. The molecule has 0 radical (unpaired) electrons. The Morgan fingerprint density at radius 3 is 2.56 bits per heavy atom. The van der Waals surface area contributed by atoms with Crippen LogP contribution in [0.15, 0.2) is 55.6 Å². The molecule has 0 spiro atoms. The third kappa shape index (κ3) is 3.73. The number of carbonyl (C=O) groups excluding carboxylic acids is 1. The van der Waals surface area contributed by atoms with Gasteiger partial charge in [-0.3, -0.25) is 0 Å². The Morgan fingerprint density at radius 2 is 2.00 bits per heavy atom. The van der Waals surface area contributed by atoms with Crippen molar-refractivity contribution < 1.29 is 9.53 Å². The van der Waals surface area contributed by atoms with Crippen LogP contribution >= 0.6 is 0 Å². The van der Waals surface area contributed by atoms with E-state index in [9.17, 15) is 4.79 Å². The number of benzene rings is 1. The van der Waals surface area contributed by atoms with Crippen LogP contribution in [0, 0.1) is 0 Å². The van der Waals surface area contributed by atoms with Gasteiger partial charge in [0, 0.05) is 0 Å². The highest BCUT2D eigenvalue weighted by Gasteiger charge is 2.11. The van der Waals surface area contributed by atoms with Gasteiger partial charge in [0.1, 0.15) is 6.10 Å². The summed E-state index contributed by atoms with van der Waals surface area (Å²) >= 11 is 0. The molecule has 0 aromatic heterocycles. The third-order valence-electron chi connectivity index (χ3n) is 2.19. The minimum Gasteiger partial charge on any atom is -0.455 e. The monoisotopic (exact) mass is 216 g/mol. The molecule has 0 N–H and O–H groups in total. The fourth-order valence-electron chi connectivity index (χ4n) is 1.29. The average Bonchev–Trinajstić information content (AvgIpc) is 2.35.